The SMILES string of the molecule is CC1(C)C[C@@](CCN2C(=O)CCC2=O)(c2ccccc2)CCO1. The van der Waals surface area contributed by atoms with Gasteiger partial charge in [0, 0.05) is 31.4 Å². The first-order valence-electron chi connectivity index (χ1n) is 8.45. The van der Waals surface area contributed by atoms with Crippen molar-refractivity contribution in [1.29, 1.82) is 0 Å². The molecule has 1 aromatic rings. The number of benzene rings is 1. The molecule has 0 aliphatic carbocycles. The van der Waals surface area contributed by atoms with Crippen molar-refractivity contribution in [3.63, 3.8) is 0 Å². The van der Waals surface area contributed by atoms with E-state index in [0.717, 1.165) is 19.3 Å². The molecule has 1 atom stereocenters. The van der Waals surface area contributed by atoms with Crippen LogP contribution in [0.3, 0.4) is 0 Å². The van der Waals surface area contributed by atoms with Gasteiger partial charge in [-0.15, -0.1) is 0 Å². The molecular formula is C19H25NO3. The van der Waals surface area contributed by atoms with Gasteiger partial charge in [-0.25, -0.2) is 0 Å². The van der Waals surface area contributed by atoms with Crippen molar-refractivity contribution in [2.45, 2.75) is 57.0 Å². The van der Waals surface area contributed by atoms with Crippen molar-refractivity contribution in [3.8, 4) is 0 Å². The minimum absolute atomic E-state index is 0.0236. The van der Waals surface area contributed by atoms with E-state index in [0.29, 0.717) is 26.0 Å². The summed E-state index contributed by atoms with van der Waals surface area (Å²) in [7, 11) is 0. The number of ether oxygens (including phenoxy) is 1. The van der Waals surface area contributed by atoms with E-state index < -0.39 is 0 Å². The van der Waals surface area contributed by atoms with Crippen LogP contribution in [0.4, 0.5) is 0 Å². The van der Waals surface area contributed by atoms with Gasteiger partial charge in [-0.05, 0) is 38.7 Å². The van der Waals surface area contributed by atoms with Crippen LogP contribution in [-0.2, 0) is 19.7 Å². The van der Waals surface area contributed by atoms with Crippen molar-refractivity contribution < 1.29 is 14.3 Å². The van der Waals surface area contributed by atoms with Crippen LogP contribution in [-0.4, -0.2) is 35.5 Å². The molecule has 1 aromatic carbocycles. The molecule has 0 radical (unpaired) electrons. The monoisotopic (exact) mass is 315 g/mol. The molecule has 124 valence electrons. The van der Waals surface area contributed by atoms with Gasteiger partial charge in [0.15, 0.2) is 0 Å². The van der Waals surface area contributed by atoms with Crippen LogP contribution in [0, 0.1) is 0 Å². The minimum Gasteiger partial charge on any atom is -0.376 e. The zero-order valence-corrected chi connectivity index (χ0v) is 14.0. The molecule has 2 aliphatic rings. The maximum absolute atomic E-state index is 11.9. The van der Waals surface area contributed by atoms with Crippen LogP contribution in [0.2, 0.25) is 0 Å². The van der Waals surface area contributed by atoms with Crippen LogP contribution in [0.25, 0.3) is 0 Å². The highest BCUT2D eigenvalue weighted by atomic mass is 16.5. The van der Waals surface area contributed by atoms with E-state index in [1.165, 1.54) is 10.5 Å². The second-order valence-electron chi connectivity index (χ2n) is 7.37. The summed E-state index contributed by atoms with van der Waals surface area (Å²) in [4.78, 5) is 25.3. The number of carbonyl (C=O) groups excluding carboxylic acids is 2. The van der Waals surface area contributed by atoms with E-state index in [-0.39, 0.29) is 22.8 Å². The lowest BCUT2D eigenvalue weighted by Gasteiger charge is -2.46. The number of hydrogen-bond donors (Lipinski definition) is 0. The fourth-order valence-corrected chi connectivity index (χ4v) is 4.07. The number of carbonyl (C=O) groups is 2. The molecule has 2 amide bonds. The molecule has 4 heteroatoms. The molecule has 0 aromatic heterocycles. The Morgan fingerprint density at radius 3 is 2.35 bits per heavy atom. The van der Waals surface area contributed by atoms with Crippen molar-refractivity contribution in [2.24, 2.45) is 0 Å². The second-order valence-corrected chi connectivity index (χ2v) is 7.37. The van der Waals surface area contributed by atoms with E-state index >= 15 is 0 Å². The van der Waals surface area contributed by atoms with E-state index in [9.17, 15) is 9.59 Å². The van der Waals surface area contributed by atoms with Gasteiger partial charge in [0.1, 0.15) is 0 Å². The van der Waals surface area contributed by atoms with Crippen molar-refractivity contribution in [2.75, 3.05) is 13.2 Å². The molecule has 2 heterocycles. The van der Waals surface area contributed by atoms with Crippen molar-refractivity contribution in [3.05, 3.63) is 35.9 Å². The summed E-state index contributed by atoms with van der Waals surface area (Å²) >= 11 is 0. The largest absolute Gasteiger partial charge is 0.376 e. The van der Waals surface area contributed by atoms with Gasteiger partial charge in [0.05, 0.1) is 5.60 Å². The molecule has 2 fully saturated rings. The first-order chi connectivity index (χ1) is 10.9. The standard InChI is InChI=1S/C19H25NO3/c1-18(2)14-19(11-13-23-18,15-6-4-3-5-7-15)10-12-20-16(21)8-9-17(20)22/h3-7H,8-14H2,1-2H3/t19-/m0/s1. The van der Waals surface area contributed by atoms with E-state index in [1.54, 1.807) is 0 Å². The van der Waals surface area contributed by atoms with Crippen molar-refractivity contribution in [1.82, 2.24) is 4.90 Å². The van der Waals surface area contributed by atoms with Crippen LogP contribution >= 0.6 is 0 Å². The topological polar surface area (TPSA) is 46.6 Å². The molecule has 2 saturated heterocycles. The Bertz CT molecular complexity index is 580. The predicted octanol–water partition coefficient (Wildman–Crippen LogP) is 3.05. The lowest BCUT2D eigenvalue weighted by atomic mass is 9.67. The van der Waals surface area contributed by atoms with Crippen LogP contribution in [0.5, 0.6) is 0 Å². The first kappa shape index (κ1) is 16.2. The third kappa shape index (κ3) is 3.32. The molecular weight excluding hydrogens is 290 g/mol. The fourth-order valence-electron chi connectivity index (χ4n) is 4.07. The maximum atomic E-state index is 11.9. The van der Waals surface area contributed by atoms with Crippen LogP contribution in [0.1, 0.15) is 51.5 Å². The number of imide groups is 1. The summed E-state index contributed by atoms with van der Waals surface area (Å²) in [6.07, 6.45) is 3.37. The number of likely N-dealkylation sites (tertiary alicyclic amines) is 1. The zero-order valence-electron chi connectivity index (χ0n) is 14.0. The smallest absolute Gasteiger partial charge is 0.229 e. The summed E-state index contributed by atoms with van der Waals surface area (Å²) in [5.41, 5.74) is 1.06. The quantitative estimate of drug-likeness (QED) is 0.802. The molecule has 0 saturated carbocycles. The third-order valence-electron chi connectivity index (χ3n) is 5.19. The molecule has 0 bridgehead atoms. The number of rotatable bonds is 4. The highest BCUT2D eigenvalue weighted by Gasteiger charge is 2.43. The van der Waals surface area contributed by atoms with Gasteiger partial charge >= 0.3 is 0 Å². The first-order valence-corrected chi connectivity index (χ1v) is 8.45. The average Bonchev–Trinajstić information content (AvgIpc) is 2.84. The Hall–Kier alpha value is -1.68. The maximum Gasteiger partial charge on any atom is 0.229 e. The fraction of sp³-hybridized carbons (Fsp3) is 0.579. The number of hydrogen-bond acceptors (Lipinski definition) is 3. The van der Waals surface area contributed by atoms with Gasteiger partial charge in [0.25, 0.3) is 0 Å². The minimum atomic E-state index is -0.187. The summed E-state index contributed by atoms with van der Waals surface area (Å²) in [5.74, 6) is -0.0472. The highest BCUT2D eigenvalue weighted by molar-refractivity contribution is 6.01. The lowest BCUT2D eigenvalue weighted by molar-refractivity contribution is -0.139. The molecule has 2 aliphatic heterocycles. The van der Waals surface area contributed by atoms with Gasteiger partial charge in [-0.1, -0.05) is 30.3 Å². The summed E-state index contributed by atoms with van der Waals surface area (Å²) < 4.78 is 5.91. The molecule has 23 heavy (non-hydrogen) atoms. The van der Waals surface area contributed by atoms with Crippen LogP contribution < -0.4 is 0 Å². The predicted molar refractivity (Wildman–Crippen MR) is 88.0 cm³/mol. The molecule has 3 rings (SSSR count). The number of amides is 2. The Morgan fingerprint density at radius 2 is 1.74 bits per heavy atom. The molecule has 0 N–H and O–H groups in total. The Kier molecular flexibility index (Phi) is 4.28. The zero-order chi connectivity index (χ0) is 16.5. The number of nitrogens with zero attached hydrogens (tertiary/aromatic N) is 1. The van der Waals surface area contributed by atoms with Gasteiger partial charge in [-0.2, -0.15) is 0 Å². The van der Waals surface area contributed by atoms with Gasteiger partial charge in [-0.3, -0.25) is 14.5 Å². The highest BCUT2D eigenvalue weighted by Crippen LogP contribution is 2.44. The third-order valence-corrected chi connectivity index (χ3v) is 5.19. The van der Waals surface area contributed by atoms with Gasteiger partial charge < -0.3 is 4.74 Å². The molecule has 4 nitrogen and oxygen atoms in total. The van der Waals surface area contributed by atoms with E-state index in [2.05, 4.69) is 38.1 Å². The Balaban J connectivity index is 1.84. The van der Waals surface area contributed by atoms with E-state index in [1.807, 2.05) is 6.07 Å². The van der Waals surface area contributed by atoms with Crippen molar-refractivity contribution >= 4 is 11.8 Å². The summed E-state index contributed by atoms with van der Waals surface area (Å²) in [5, 5.41) is 0. The van der Waals surface area contributed by atoms with Crippen LogP contribution in [0.15, 0.2) is 30.3 Å². The molecule has 0 spiro atoms. The normalized spacial score (nSPS) is 27.5. The molecule has 0 unspecified atom stereocenters. The average molecular weight is 315 g/mol. The van der Waals surface area contributed by atoms with E-state index in [4.69, 9.17) is 4.74 Å². The lowest BCUT2D eigenvalue weighted by Crippen LogP contribution is -2.46. The summed E-state index contributed by atoms with van der Waals surface area (Å²) in [6.45, 7) is 5.47. The second kappa shape index (κ2) is 6.08. The Labute approximate surface area is 137 Å². The Morgan fingerprint density at radius 1 is 1.09 bits per heavy atom. The summed E-state index contributed by atoms with van der Waals surface area (Å²) in [6, 6.07) is 10.5. The van der Waals surface area contributed by atoms with Gasteiger partial charge in [0.2, 0.25) is 11.8 Å².